The summed E-state index contributed by atoms with van der Waals surface area (Å²) >= 11 is 0. The highest BCUT2D eigenvalue weighted by molar-refractivity contribution is 5.77. The predicted octanol–water partition coefficient (Wildman–Crippen LogP) is 2.25. The summed E-state index contributed by atoms with van der Waals surface area (Å²) < 4.78 is 1.94. The first-order valence-corrected chi connectivity index (χ1v) is 5.27. The van der Waals surface area contributed by atoms with E-state index in [1.165, 1.54) is 0 Å². The van der Waals surface area contributed by atoms with Crippen LogP contribution in [0, 0.1) is 0 Å². The third-order valence-electron chi connectivity index (χ3n) is 2.38. The molecular weight excluding hydrogens is 200 g/mol. The van der Waals surface area contributed by atoms with Gasteiger partial charge < -0.3 is 0 Å². The fraction of sp³-hybridized carbons (Fsp3) is 0.250. The fourth-order valence-corrected chi connectivity index (χ4v) is 1.53. The molecule has 0 bridgehead atoms. The molecule has 0 atom stereocenters. The Balaban J connectivity index is 2.31. The van der Waals surface area contributed by atoms with E-state index in [2.05, 4.69) is 28.1 Å². The number of nitrogens with zero attached hydrogens (tertiary/aromatic N) is 4. The van der Waals surface area contributed by atoms with Crippen LogP contribution in [0.25, 0.3) is 11.6 Å². The molecule has 0 amide bonds. The van der Waals surface area contributed by atoms with E-state index in [0.717, 1.165) is 23.5 Å². The molecule has 0 radical (unpaired) electrons. The summed E-state index contributed by atoms with van der Waals surface area (Å²) in [4.78, 5) is 8.31. The van der Waals surface area contributed by atoms with E-state index in [1.54, 1.807) is 24.8 Å². The zero-order valence-electron chi connectivity index (χ0n) is 9.46. The van der Waals surface area contributed by atoms with Crippen LogP contribution in [0.2, 0.25) is 0 Å². The van der Waals surface area contributed by atoms with Crippen molar-refractivity contribution in [2.75, 3.05) is 0 Å². The number of hydrogen-bond donors (Lipinski definition) is 0. The normalized spacial score (nSPS) is 11.8. The summed E-state index contributed by atoms with van der Waals surface area (Å²) in [5, 5.41) is 4.22. The Hall–Kier alpha value is -1.97. The van der Waals surface area contributed by atoms with Crippen molar-refractivity contribution in [1.29, 1.82) is 0 Å². The van der Waals surface area contributed by atoms with Crippen LogP contribution < -0.4 is 0 Å². The lowest BCUT2D eigenvalue weighted by Gasteiger charge is -2.02. The number of aromatic nitrogens is 4. The van der Waals surface area contributed by atoms with Crippen molar-refractivity contribution in [3.8, 4) is 0 Å². The number of hydrogen-bond acceptors (Lipinski definition) is 3. The van der Waals surface area contributed by atoms with Gasteiger partial charge in [0.2, 0.25) is 0 Å². The first kappa shape index (κ1) is 10.5. The zero-order chi connectivity index (χ0) is 11.4. The first-order valence-electron chi connectivity index (χ1n) is 5.27. The second kappa shape index (κ2) is 4.70. The van der Waals surface area contributed by atoms with Gasteiger partial charge in [0.15, 0.2) is 0 Å². The molecule has 0 spiro atoms. The van der Waals surface area contributed by atoms with Crippen LogP contribution in [-0.2, 0) is 6.54 Å². The Morgan fingerprint density at radius 2 is 2.25 bits per heavy atom. The molecule has 82 valence electrons. The minimum atomic E-state index is 0.868. The lowest BCUT2D eigenvalue weighted by molar-refractivity contribution is 0.654. The van der Waals surface area contributed by atoms with E-state index in [4.69, 9.17) is 0 Å². The summed E-state index contributed by atoms with van der Waals surface area (Å²) in [6.45, 7) is 4.96. The molecule has 2 heterocycles. The van der Waals surface area contributed by atoms with Crippen LogP contribution in [0.4, 0.5) is 0 Å². The van der Waals surface area contributed by atoms with Gasteiger partial charge in [0.05, 0.1) is 17.6 Å². The summed E-state index contributed by atoms with van der Waals surface area (Å²) in [5.41, 5.74) is 3.07. The van der Waals surface area contributed by atoms with Crippen molar-refractivity contribution in [3.05, 3.63) is 42.2 Å². The van der Waals surface area contributed by atoms with Crippen LogP contribution in [0.3, 0.4) is 0 Å². The lowest BCUT2D eigenvalue weighted by Crippen LogP contribution is -1.98. The summed E-state index contributed by atoms with van der Waals surface area (Å²) in [5.74, 6) is 0. The molecule has 2 aromatic rings. The summed E-state index contributed by atoms with van der Waals surface area (Å²) in [7, 11) is 0. The average molecular weight is 214 g/mol. The van der Waals surface area contributed by atoms with Crippen molar-refractivity contribution < 1.29 is 0 Å². The minimum absolute atomic E-state index is 0.868. The Bertz CT molecular complexity index is 485. The highest BCUT2D eigenvalue weighted by Crippen LogP contribution is 2.14. The predicted molar refractivity (Wildman–Crippen MR) is 63.5 cm³/mol. The molecule has 0 saturated carbocycles. The largest absolute Gasteiger partial charge is 0.266 e. The average Bonchev–Trinajstić information content (AvgIpc) is 2.77. The van der Waals surface area contributed by atoms with Gasteiger partial charge >= 0.3 is 0 Å². The first-order chi connectivity index (χ1) is 7.81. The maximum absolute atomic E-state index is 4.25. The van der Waals surface area contributed by atoms with Gasteiger partial charge in [-0.3, -0.25) is 14.6 Å². The van der Waals surface area contributed by atoms with Gasteiger partial charge in [-0.2, -0.15) is 5.10 Å². The second-order valence-corrected chi connectivity index (χ2v) is 3.49. The van der Waals surface area contributed by atoms with Gasteiger partial charge in [-0.15, -0.1) is 0 Å². The van der Waals surface area contributed by atoms with E-state index >= 15 is 0 Å². The van der Waals surface area contributed by atoms with E-state index in [0.29, 0.717) is 0 Å². The van der Waals surface area contributed by atoms with Crippen LogP contribution >= 0.6 is 0 Å². The van der Waals surface area contributed by atoms with Gasteiger partial charge in [0.1, 0.15) is 0 Å². The monoisotopic (exact) mass is 214 g/mol. The molecule has 0 aromatic carbocycles. The van der Waals surface area contributed by atoms with Gasteiger partial charge in [-0.1, -0.05) is 0 Å². The van der Waals surface area contributed by atoms with Gasteiger partial charge in [0.25, 0.3) is 0 Å². The van der Waals surface area contributed by atoms with E-state index in [1.807, 2.05) is 17.7 Å². The lowest BCUT2D eigenvalue weighted by atomic mass is 10.2. The number of rotatable bonds is 3. The SMILES string of the molecule is CCn1nccc1C=C(C)c1cnccn1. The molecule has 4 heteroatoms. The highest BCUT2D eigenvalue weighted by atomic mass is 15.3. The van der Waals surface area contributed by atoms with Crippen molar-refractivity contribution in [2.45, 2.75) is 20.4 Å². The third kappa shape index (κ3) is 2.16. The van der Waals surface area contributed by atoms with Crippen molar-refractivity contribution >= 4 is 11.6 Å². The molecule has 0 N–H and O–H groups in total. The Morgan fingerprint density at radius 1 is 1.38 bits per heavy atom. The third-order valence-corrected chi connectivity index (χ3v) is 2.38. The molecule has 0 aliphatic heterocycles. The molecule has 0 saturated heterocycles. The summed E-state index contributed by atoms with van der Waals surface area (Å²) in [6.07, 6.45) is 9.01. The van der Waals surface area contributed by atoms with Crippen LogP contribution in [0.15, 0.2) is 30.9 Å². The van der Waals surface area contributed by atoms with Crippen LogP contribution in [-0.4, -0.2) is 19.7 Å². The standard InChI is InChI=1S/C12H14N4/c1-3-16-11(4-5-15-16)8-10(2)12-9-13-6-7-14-12/h4-9H,3H2,1-2H3. The van der Waals surface area contributed by atoms with Gasteiger partial charge in [-0.05, 0) is 31.6 Å². The van der Waals surface area contributed by atoms with Crippen molar-refractivity contribution in [2.24, 2.45) is 0 Å². The number of allylic oxidation sites excluding steroid dienone is 1. The molecule has 0 unspecified atom stereocenters. The molecule has 0 aliphatic rings. The Labute approximate surface area is 94.7 Å². The van der Waals surface area contributed by atoms with E-state index < -0.39 is 0 Å². The van der Waals surface area contributed by atoms with Gasteiger partial charge in [0, 0.05) is 25.1 Å². The van der Waals surface area contributed by atoms with E-state index in [-0.39, 0.29) is 0 Å². The fourth-order valence-electron chi connectivity index (χ4n) is 1.53. The van der Waals surface area contributed by atoms with Crippen LogP contribution in [0.1, 0.15) is 25.2 Å². The molecule has 0 aliphatic carbocycles. The molecule has 0 fully saturated rings. The minimum Gasteiger partial charge on any atom is -0.266 e. The molecule has 16 heavy (non-hydrogen) atoms. The smallest absolute Gasteiger partial charge is 0.0842 e. The maximum Gasteiger partial charge on any atom is 0.0842 e. The zero-order valence-corrected chi connectivity index (χ0v) is 9.46. The van der Waals surface area contributed by atoms with E-state index in [9.17, 15) is 0 Å². The highest BCUT2D eigenvalue weighted by Gasteiger charge is 2.00. The molecule has 4 nitrogen and oxygen atoms in total. The Morgan fingerprint density at radius 3 is 2.94 bits per heavy atom. The molecule has 2 rings (SSSR count). The molecular formula is C12H14N4. The Kier molecular flexibility index (Phi) is 3.10. The number of aryl methyl sites for hydroxylation is 1. The van der Waals surface area contributed by atoms with Crippen molar-refractivity contribution in [1.82, 2.24) is 19.7 Å². The quantitative estimate of drug-likeness (QED) is 0.787. The maximum atomic E-state index is 4.25. The second-order valence-electron chi connectivity index (χ2n) is 3.49. The van der Waals surface area contributed by atoms with Crippen LogP contribution in [0.5, 0.6) is 0 Å². The van der Waals surface area contributed by atoms with Crippen molar-refractivity contribution in [3.63, 3.8) is 0 Å². The molecule has 2 aromatic heterocycles. The summed E-state index contributed by atoms with van der Waals surface area (Å²) in [6, 6.07) is 1.99. The topological polar surface area (TPSA) is 43.6 Å². The van der Waals surface area contributed by atoms with Gasteiger partial charge in [-0.25, -0.2) is 0 Å².